The van der Waals surface area contributed by atoms with Crippen molar-refractivity contribution in [2.45, 2.75) is 12.5 Å². The maximum Gasteiger partial charge on any atom is 0.263 e. The van der Waals surface area contributed by atoms with Gasteiger partial charge in [-0.2, -0.15) is 0 Å². The number of nitrogen functional groups attached to an aromatic ring is 1. The van der Waals surface area contributed by atoms with Crippen LogP contribution < -0.4 is 10.5 Å². The molecule has 0 aromatic heterocycles. The number of carbonyl (C=O) groups excluding carboxylic acids is 1. The molecular formula is C11H13FN2O2. The molecule has 16 heavy (non-hydrogen) atoms. The lowest BCUT2D eigenvalue weighted by Crippen LogP contribution is -2.29. The van der Waals surface area contributed by atoms with Crippen molar-refractivity contribution >= 4 is 11.6 Å². The molecule has 1 fully saturated rings. The van der Waals surface area contributed by atoms with E-state index in [1.165, 1.54) is 18.2 Å². The highest BCUT2D eigenvalue weighted by Crippen LogP contribution is 2.25. The van der Waals surface area contributed by atoms with Crippen LogP contribution in [0.4, 0.5) is 10.1 Å². The van der Waals surface area contributed by atoms with Crippen LogP contribution in [0.2, 0.25) is 0 Å². The van der Waals surface area contributed by atoms with E-state index in [1.54, 1.807) is 11.9 Å². The van der Waals surface area contributed by atoms with Crippen molar-refractivity contribution < 1.29 is 13.9 Å². The number of nitrogens with two attached hydrogens (primary N) is 1. The molecule has 1 saturated heterocycles. The number of likely N-dealkylation sites (tertiary alicyclic amines) is 1. The van der Waals surface area contributed by atoms with Gasteiger partial charge in [-0.25, -0.2) is 4.39 Å². The van der Waals surface area contributed by atoms with Gasteiger partial charge in [-0.15, -0.1) is 0 Å². The van der Waals surface area contributed by atoms with Crippen molar-refractivity contribution in [2.75, 3.05) is 19.3 Å². The third-order valence-electron chi connectivity index (χ3n) is 2.62. The molecule has 1 aliphatic rings. The zero-order valence-electron chi connectivity index (χ0n) is 8.94. The Hall–Kier alpha value is -1.78. The first-order chi connectivity index (χ1) is 7.58. The van der Waals surface area contributed by atoms with E-state index < -0.39 is 11.9 Å². The Morgan fingerprint density at radius 3 is 2.88 bits per heavy atom. The lowest BCUT2D eigenvalue weighted by Gasteiger charge is -2.14. The van der Waals surface area contributed by atoms with Crippen molar-refractivity contribution in [3.63, 3.8) is 0 Å². The highest BCUT2D eigenvalue weighted by molar-refractivity contribution is 5.83. The summed E-state index contributed by atoms with van der Waals surface area (Å²) in [4.78, 5) is 13.2. The first-order valence-electron chi connectivity index (χ1n) is 5.04. The van der Waals surface area contributed by atoms with E-state index in [-0.39, 0.29) is 11.6 Å². The molecule has 1 aromatic rings. The van der Waals surface area contributed by atoms with E-state index in [0.29, 0.717) is 18.7 Å². The van der Waals surface area contributed by atoms with Crippen molar-refractivity contribution in [2.24, 2.45) is 0 Å². The van der Waals surface area contributed by atoms with E-state index in [4.69, 9.17) is 10.5 Å². The standard InChI is InChI=1S/C11H13FN2O2/c1-14-5-4-10(11(14)15)16-9-3-2-7(12)6-8(9)13/h2-3,6,10H,4-5,13H2,1H3. The predicted molar refractivity (Wildman–Crippen MR) is 57.5 cm³/mol. The molecule has 1 amide bonds. The normalized spacial score (nSPS) is 20.2. The fourth-order valence-corrected chi connectivity index (χ4v) is 1.68. The van der Waals surface area contributed by atoms with Gasteiger partial charge in [0.2, 0.25) is 0 Å². The second-order valence-electron chi connectivity index (χ2n) is 3.84. The van der Waals surface area contributed by atoms with Gasteiger partial charge in [-0.05, 0) is 12.1 Å². The van der Waals surface area contributed by atoms with Crippen LogP contribution in [0.25, 0.3) is 0 Å². The third-order valence-corrected chi connectivity index (χ3v) is 2.62. The minimum atomic E-state index is -0.502. The zero-order valence-corrected chi connectivity index (χ0v) is 8.94. The van der Waals surface area contributed by atoms with E-state index in [1.807, 2.05) is 0 Å². The van der Waals surface area contributed by atoms with E-state index >= 15 is 0 Å². The average molecular weight is 224 g/mol. The van der Waals surface area contributed by atoms with E-state index in [9.17, 15) is 9.18 Å². The maximum absolute atomic E-state index is 12.8. The average Bonchev–Trinajstić information content (AvgIpc) is 2.54. The molecule has 1 heterocycles. The van der Waals surface area contributed by atoms with Gasteiger partial charge in [0.25, 0.3) is 5.91 Å². The van der Waals surface area contributed by atoms with Crippen molar-refractivity contribution in [1.82, 2.24) is 4.90 Å². The first-order valence-corrected chi connectivity index (χ1v) is 5.04. The highest BCUT2D eigenvalue weighted by atomic mass is 19.1. The van der Waals surface area contributed by atoms with Crippen LogP contribution in [0.15, 0.2) is 18.2 Å². The topological polar surface area (TPSA) is 55.6 Å². The molecule has 1 aliphatic heterocycles. The summed E-state index contributed by atoms with van der Waals surface area (Å²) < 4.78 is 18.2. The van der Waals surface area contributed by atoms with Gasteiger partial charge in [0.15, 0.2) is 6.10 Å². The van der Waals surface area contributed by atoms with Crippen LogP contribution >= 0.6 is 0 Å². The molecular weight excluding hydrogens is 211 g/mol. The fraction of sp³-hybridized carbons (Fsp3) is 0.364. The van der Waals surface area contributed by atoms with Gasteiger partial charge < -0.3 is 15.4 Å². The third kappa shape index (κ3) is 1.93. The Balaban J connectivity index is 2.12. The van der Waals surface area contributed by atoms with Gasteiger partial charge in [0.1, 0.15) is 11.6 Å². The van der Waals surface area contributed by atoms with E-state index in [0.717, 1.165) is 0 Å². The molecule has 0 saturated carbocycles. The molecule has 0 spiro atoms. The number of anilines is 1. The number of halogens is 1. The number of hydrogen-bond donors (Lipinski definition) is 1. The Bertz CT molecular complexity index is 422. The van der Waals surface area contributed by atoms with Crippen molar-refractivity contribution in [3.8, 4) is 5.75 Å². The highest BCUT2D eigenvalue weighted by Gasteiger charge is 2.31. The van der Waals surface area contributed by atoms with Gasteiger partial charge in [0.05, 0.1) is 5.69 Å². The van der Waals surface area contributed by atoms with Crippen LogP contribution in [-0.2, 0) is 4.79 Å². The Labute approximate surface area is 92.8 Å². The second kappa shape index (κ2) is 4.00. The summed E-state index contributed by atoms with van der Waals surface area (Å²) in [5.41, 5.74) is 5.80. The van der Waals surface area contributed by atoms with Gasteiger partial charge >= 0.3 is 0 Å². The van der Waals surface area contributed by atoms with Gasteiger partial charge in [0, 0.05) is 26.1 Å². The Kier molecular flexibility index (Phi) is 2.68. The molecule has 5 heteroatoms. The van der Waals surface area contributed by atoms with Crippen molar-refractivity contribution in [1.29, 1.82) is 0 Å². The molecule has 0 aliphatic carbocycles. The molecule has 0 bridgehead atoms. The molecule has 1 atom stereocenters. The minimum Gasteiger partial charge on any atom is -0.478 e. The number of likely N-dealkylation sites (N-methyl/N-ethyl adjacent to an activating group) is 1. The number of benzene rings is 1. The van der Waals surface area contributed by atoms with Crippen LogP contribution in [0.1, 0.15) is 6.42 Å². The molecule has 0 radical (unpaired) electrons. The first kappa shape index (κ1) is 10.7. The van der Waals surface area contributed by atoms with Crippen LogP contribution in [-0.4, -0.2) is 30.5 Å². The van der Waals surface area contributed by atoms with Crippen LogP contribution in [0, 0.1) is 5.82 Å². The van der Waals surface area contributed by atoms with Gasteiger partial charge in [-0.1, -0.05) is 0 Å². The van der Waals surface area contributed by atoms with Crippen LogP contribution in [0.5, 0.6) is 5.75 Å². The summed E-state index contributed by atoms with van der Waals surface area (Å²) in [5, 5.41) is 0. The Morgan fingerprint density at radius 2 is 2.31 bits per heavy atom. The smallest absolute Gasteiger partial charge is 0.263 e. The van der Waals surface area contributed by atoms with Gasteiger partial charge in [-0.3, -0.25) is 4.79 Å². The minimum absolute atomic E-state index is 0.0660. The lowest BCUT2D eigenvalue weighted by molar-refractivity contribution is -0.132. The number of carbonyl (C=O) groups is 1. The molecule has 2 N–H and O–H groups in total. The molecule has 1 aromatic carbocycles. The number of nitrogens with zero attached hydrogens (tertiary/aromatic N) is 1. The van der Waals surface area contributed by atoms with Crippen molar-refractivity contribution in [3.05, 3.63) is 24.0 Å². The molecule has 1 unspecified atom stereocenters. The quantitative estimate of drug-likeness (QED) is 0.763. The van der Waals surface area contributed by atoms with Crippen LogP contribution in [0.3, 0.4) is 0 Å². The second-order valence-corrected chi connectivity index (χ2v) is 3.84. The summed E-state index contributed by atoms with van der Waals surface area (Å²) in [6.07, 6.45) is 0.129. The summed E-state index contributed by atoms with van der Waals surface area (Å²) in [6.45, 7) is 0.671. The number of ether oxygens (including phenoxy) is 1. The molecule has 4 nitrogen and oxygen atoms in total. The predicted octanol–water partition coefficient (Wildman–Crippen LogP) is 1.02. The fourth-order valence-electron chi connectivity index (χ4n) is 1.68. The summed E-state index contributed by atoms with van der Waals surface area (Å²) in [7, 11) is 1.72. The number of rotatable bonds is 2. The zero-order chi connectivity index (χ0) is 11.7. The maximum atomic E-state index is 12.8. The lowest BCUT2D eigenvalue weighted by atomic mass is 10.2. The monoisotopic (exact) mass is 224 g/mol. The molecule has 86 valence electrons. The Morgan fingerprint density at radius 1 is 1.56 bits per heavy atom. The largest absolute Gasteiger partial charge is 0.478 e. The molecule has 2 rings (SSSR count). The number of amides is 1. The van der Waals surface area contributed by atoms with E-state index in [2.05, 4.69) is 0 Å². The number of hydrogen-bond acceptors (Lipinski definition) is 3. The summed E-state index contributed by atoms with van der Waals surface area (Å²) in [6, 6.07) is 3.88. The summed E-state index contributed by atoms with van der Waals surface area (Å²) >= 11 is 0. The summed E-state index contributed by atoms with van der Waals surface area (Å²) in [5.74, 6) is -0.126. The SMILES string of the molecule is CN1CCC(Oc2ccc(F)cc2N)C1=O.